The van der Waals surface area contributed by atoms with Crippen molar-refractivity contribution in [1.82, 2.24) is 9.97 Å². The molecule has 0 unspecified atom stereocenters. The second-order valence-corrected chi connectivity index (χ2v) is 4.55. The van der Waals surface area contributed by atoms with Gasteiger partial charge in [-0.05, 0) is 41.1 Å². The van der Waals surface area contributed by atoms with Crippen molar-refractivity contribution in [3.05, 3.63) is 40.4 Å². The van der Waals surface area contributed by atoms with E-state index in [4.69, 9.17) is 4.74 Å². The van der Waals surface area contributed by atoms with E-state index in [-0.39, 0.29) is 0 Å². The zero-order chi connectivity index (χ0) is 12.3. The normalized spacial score (nSPS) is 10.3. The number of rotatable bonds is 4. The molecule has 2 rings (SSSR count). The highest BCUT2D eigenvalue weighted by Crippen LogP contribution is 2.27. The third-order valence-corrected chi connectivity index (χ3v) is 3.01. The molecule has 4 nitrogen and oxygen atoms in total. The molecular weight excluding hydrogens is 282 g/mol. The van der Waals surface area contributed by atoms with E-state index in [2.05, 4.69) is 31.2 Å². The Morgan fingerprint density at radius 2 is 2.29 bits per heavy atom. The first-order chi connectivity index (χ1) is 8.19. The van der Waals surface area contributed by atoms with Gasteiger partial charge in [0.05, 0.1) is 30.0 Å². The summed E-state index contributed by atoms with van der Waals surface area (Å²) in [6.45, 7) is 2.66. The molecule has 0 aliphatic heterocycles. The van der Waals surface area contributed by atoms with Crippen molar-refractivity contribution < 1.29 is 4.74 Å². The Bertz CT molecular complexity index is 510. The minimum Gasteiger partial charge on any atom is -0.496 e. The summed E-state index contributed by atoms with van der Waals surface area (Å²) in [6.07, 6.45) is 1.83. The number of benzene rings is 1. The van der Waals surface area contributed by atoms with Gasteiger partial charge in [-0.1, -0.05) is 0 Å². The molecule has 2 N–H and O–H groups in total. The van der Waals surface area contributed by atoms with E-state index in [1.165, 1.54) is 0 Å². The van der Waals surface area contributed by atoms with Crippen LogP contribution in [0.2, 0.25) is 0 Å². The van der Waals surface area contributed by atoms with Gasteiger partial charge in [0.2, 0.25) is 0 Å². The maximum atomic E-state index is 5.18. The summed E-state index contributed by atoms with van der Waals surface area (Å²) in [7, 11) is 1.65. The highest BCUT2D eigenvalue weighted by molar-refractivity contribution is 9.10. The Morgan fingerprint density at radius 1 is 1.47 bits per heavy atom. The lowest BCUT2D eigenvalue weighted by Crippen LogP contribution is -1.99. The van der Waals surface area contributed by atoms with E-state index >= 15 is 0 Å². The summed E-state index contributed by atoms with van der Waals surface area (Å²) in [5, 5.41) is 3.31. The molecule has 0 spiro atoms. The minimum atomic E-state index is 0.722. The topological polar surface area (TPSA) is 49.9 Å². The minimum absolute atomic E-state index is 0.722. The molecule has 0 amide bonds. The molecule has 0 saturated heterocycles. The lowest BCUT2D eigenvalue weighted by atomic mass is 10.3. The van der Waals surface area contributed by atoms with Gasteiger partial charge in [-0.2, -0.15) is 0 Å². The number of H-pyrrole nitrogens is 1. The van der Waals surface area contributed by atoms with Crippen molar-refractivity contribution in [2.24, 2.45) is 0 Å². The molecule has 5 heteroatoms. The van der Waals surface area contributed by atoms with Gasteiger partial charge in [0.15, 0.2) is 0 Å². The third kappa shape index (κ3) is 3.00. The lowest BCUT2D eigenvalue weighted by molar-refractivity contribution is 0.412. The average Bonchev–Trinajstić information content (AvgIpc) is 2.73. The molecule has 1 heterocycles. The number of nitrogens with zero attached hydrogens (tertiary/aromatic N) is 1. The summed E-state index contributed by atoms with van der Waals surface area (Å²) in [6, 6.07) is 5.89. The molecule has 0 aliphatic carbocycles. The predicted octanol–water partition coefficient (Wildman–Crippen LogP) is 3.10. The summed E-state index contributed by atoms with van der Waals surface area (Å²) in [5.41, 5.74) is 2.10. The van der Waals surface area contributed by atoms with Crippen LogP contribution in [0.4, 0.5) is 5.69 Å². The summed E-state index contributed by atoms with van der Waals surface area (Å²) < 4.78 is 6.11. The van der Waals surface area contributed by atoms with Crippen molar-refractivity contribution in [2.45, 2.75) is 13.5 Å². The van der Waals surface area contributed by atoms with Crippen LogP contribution in [0, 0.1) is 6.92 Å². The van der Waals surface area contributed by atoms with Gasteiger partial charge < -0.3 is 15.0 Å². The van der Waals surface area contributed by atoms with Crippen LogP contribution in [0.5, 0.6) is 5.75 Å². The molecule has 2 aromatic rings. The van der Waals surface area contributed by atoms with Gasteiger partial charge in [-0.3, -0.25) is 0 Å². The predicted molar refractivity (Wildman–Crippen MR) is 71.3 cm³/mol. The fourth-order valence-electron chi connectivity index (χ4n) is 1.54. The molecule has 0 bridgehead atoms. The number of ether oxygens (including phenoxy) is 1. The van der Waals surface area contributed by atoms with Crippen molar-refractivity contribution >= 4 is 21.6 Å². The van der Waals surface area contributed by atoms with E-state index in [9.17, 15) is 0 Å². The second-order valence-electron chi connectivity index (χ2n) is 3.70. The highest BCUT2D eigenvalue weighted by Gasteiger charge is 2.02. The zero-order valence-corrected chi connectivity index (χ0v) is 11.3. The van der Waals surface area contributed by atoms with Crippen LogP contribution in [0.3, 0.4) is 0 Å². The van der Waals surface area contributed by atoms with Gasteiger partial charge >= 0.3 is 0 Å². The number of hydrogen-bond donors (Lipinski definition) is 2. The summed E-state index contributed by atoms with van der Waals surface area (Å²) in [4.78, 5) is 7.32. The van der Waals surface area contributed by atoms with Crippen molar-refractivity contribution in [3.63, 3.8) is 0 Å². The molecule has 1 aromatic heterocycles. The quantitative estimate of drug-likeness (QED) is 0.911. The fraction of sp³-hybridized carbons (Fsp3) is 0.250. The number of nitrogens with one attached hydrogen (secondary N) is 2. The van der Waals surface area contributed by atoms with Crippen molar-refractivity contribution in [3.8, 4) is 5.75 Å². The third-order valence-electron chi connectivity index (χ3n) is 2.39. The van der Waals surface area contributed by atoms with Gasteiger partial charge in [0.25, 0.3) is 0 Å². The van der Waals surface area contributed by atoms with E-state index in [0.29, 0.717) is 0 Å². The average molecular weight is 296 g/mol. The highest BCUT2D eigenvalue weighted by atomic mass is 79.9. The van der Waals surface area contributed by atoms with Crippen LogP contribution in [0.25, 0.3) is 0 Å². The van der Waals surface area contributed by atoms with E-state index < -0.39 is 0 Å². The molecule has 90 valence electrons. The van der Waals surface area contributed by atoms with Crippen molar-refractivity contribution in [2.75, 3.05) is 12.4 Å². The fourth-order valence-corrected chi connectivity index (χ4v) is 2.08. The molecule has 17 heavy (non-hydrogen) atoms. The van der Waals surface area contributed by atoms with Crippen LogP contribution >= 0.6 is 15.9 Å². The number of aryl methyl sites for hydroxylation is 1. The molecule has 0 aliphatic rings. The van der Waals surface area contributed by atoms with Gasteiger partial charge in [-0.25, -0.2) is 4.98 Å². The number of imidazole rings is 1. The Morgan fingerprint density at radius 3 is 2.88 bits per heavy atom. The molecule has 0 fully saturated rings. The van der Waals surface area contributed by atoms with Crippen LogP contribution in [0.1, 0.15) is 11.5 Å². The number of anilines is 1. The number of hydrogen-bond acceptors (Lipinski definition) is 3. The first kappa shape index (κ1) is 12.0. The Balaban J connectivity index is 2.02. The SMILES string of the molecule is COc1ccc(NCc2cnc(C)[nH]2)cc1Br. The molecular formula is C12H14BrN3O. The van der Waals surface area contributed by atoms with E-state index in [0.717, 1.165) is 34.0 Å². The van der Waals surface area contributed by atoms with Crippen LogP contribution in [-0.2, 0) is 6.54 Å². The monoisotopic (exact) mass is 295 g/mol. The standard InChI is InChI=1S/C12H14BrN3O/c1-8-14-6-10(16-8)7-15-9-3-4-12(17-2)11(13)5-9/h3-6,15H,7H2,1-2H3,(H,14,16). The van der Waals surface area contributed by atoms with Crippen LogP contribution in [-0.4, -0.2) is 17.1 Å². The molecule has 1 aromatic carbocycles. The lowest BCUT2D eigenvalue weighted by Gasteiger charge is -2.08. The second kappa shape index (κ2) is 5.23. The number of aromatic amines is 1. The summed E-state index contributed by atoms with van der Waals surface area (Å²) in [5.74, 6) is 1.76. The smallest absolute Gasteiger partial charge is 0.133 e. The Hall–Kier alpha value is -1.49. The number of halogens is 1. The maximum absolute atomic E-state index is 5.18. The molecule has 0 radical (unpaired) electrons. The maximum Gasteiger partial charge on any atom is 0.133 e. The largest absolute Gasteiger partial charge is 0.496 e. The van der Waals surface area contributed by atoms with Crippen LogP contribution < -0.4 is 10.1 Å². The Labute approximate surface area is 109 Å². The molecule has 0 saturated carbocycles. The van der Waals surface area contributed by atoms with E-state index in [1.54, 1.807) is 7.11 Å². The molecule has 0 atom stereocenters. The number of aromatic nitrogens is 2. The zero-order valence-electron chi connectivity index (χ0n) is 9.75. The van der Waals surface area contributed by atoms with E-state index in [1.807, 2.05) is 31.3 Å². The van der Waals surface area contributed by atoms with Gasteiger partial charge in [0.1, 0.15) is 11.6 Å². The number of methoxy groups -OCH3 is 1. The van der Waals surface area contributed by atoms with Gasteiger partial charge in [-0.15, -0.1) is 0 Å². The first-order valence-electron chi connectivity index (χ1n) is 5.27. The first-order valence-corrected chi connectivity index (χ1v) is 6.06. The van der Waals surface area contributed by atoms with Crippen molar-refractivity contribution in [1.29, 1.82) is 0 Å². The van der Waals surface area contributed by atoms with Gasteiger partial charge in [0, 0.05) is 5.69 Å². The Kier molecular flexibility index (Phi) is 3.68. The summed E-state index contributed by atoms with van der Waals surface area (Å²) >= 11 is 3.45. The van der Waals surface area contributed by atoms with Crippen LogP contribution in [0.15, 0.2) is 28.9 Å².